The number of pyridine rings is 1. The molecule has 3 nitrogen and oxygen atoms in total. The minimum atomic E-state index is 0.694. The number of anilines is 1. The van der Waals surface area contributed by atoms with Crippen molar-refractivity contribution in [1.82, 2.24) is 10.3 Å². The Kier molecular flexibility index (Phi) is 6.50. The van der Waals surface area contributed by atoms with E-state index < -0.39 is 0 Å². The average Bonchev–Trinajstić information content (AvgIpc) is 2.49. The molecule has 0 radical (unpaired) electrons. The number of piperidine rings is 1. The monoisotopic (exact) mass is 289 g/mol. The van der Waals surface area contributed by atoms with Crippen molar-refractivity contribution in [2.75, 3.05) is 18.0 Å². The number of aromatic nitrogens is 1. The number of nitrogens with one attached hydrogen (secondary N) is 1. The summed E-state index contributed by atoms with van der Waals surface area (Å²) in [6.45, 7) is 9.88. The normalized spacial score (nSPS) is 19.0. The Hall–Kier alpha value is -1.09. The molecule has 1 atom stereocenters. The van der Waals surface area contributed by atoms with Crippen molar-refractivity contribution in [3.63, 3.8) is 0 Å². The molecule has 0 bridgehead atoms. The van der Waals surface area contributed by atoms with Gasteiger partial charge in [0.15, 0.2) is 0 Å². The van der Waals surface area contributed by atoms with Crippen LogP contribution in [0.3, 0.4) is 0 Å². The van der Waals surface area contributed by atoms with Gasteiger partial charge in [-0.15, -0.1) is 0 Å². The molecule has 1 aromatic rings. The Bertz CT molecular complexity index is 428. The lowest BCUT2D eigenvalue weighted by molar-refractivity contribution is 0.431. The summed E-state index contributed by atoms with van der Waals surface area (Å²) in [5.74, 6) is 1.22. The molecule has 3 heteroatoms. The van der Waals surface area contributed by atoms with E-state index in [1.165, 1.54) is 62.0 Å². The van der Waals surface area contributed by atoms with E-state index in [2.05, 4.69) is 43.3 Å². The van der Waals surface area contributed by atoms with Crippen LogP contribution in [-0.2, 0) is 6.54 Å². The van der Waals surface area contributed by atoms with E-state index in [4.69, 9.17) is 4.98 Å². The molecule has 1 fully saturated rings. The molecule has 1 aromatic heterocycles. The predicted molar refractivity (Wildman–Crippen MR) is 90.9 cm³/mol. The highest BCUT2D eigenvalue weighted by molar-refractivity contribution is 5.48. The Labute approximate surface area is 130 Å². The van der Waals surface area contributed by atoms with E-state index in [1.54, 1.807) is 0 Å². The summed E-state index contributed by atoms with van der Waals surface area (Å²) in [7, 11) is 0. The summed E-state index contributed by atoms with van der Waals surface area (Å²) in [6, 6.07) is 3.00. The molecule has 0 aromatic carbocycles. The second-order valence-electron chi connectivity index (χ2n) is 6.29. The smallest absolute Gasteiger partial charge is 0.131 e. The quantitative estimate of drug-likeness (QED) is 0.768. The van der Waals surface area contributed by atoms with Gasteiger partial charge < -0.3 is 10.2 Å². The summed E-state index contributed by atoms with van der Waals surface area (Å²) >= 11 is 0. The molecule has 0 aliphatic carbocycles. The Morgan fingerprint density at radius 3 is 2.86 bits per heavy atom. The number of rotatable bonds is 7. The summed E-state index contributed by atoms with van der Waals surface area (Å²) in [5, 5.41) is 3.45. The highest BCUT2D eigenvalue weighted by atomic mass is 15.2. The van der Waals surface area contributed by atoms with E-state index in [9.17, 15) is 0 Å². The third-order valence-electron chi connectivity index (χ3n) is 4.38. The maximum absolute atomic E-state index is 4.80. The van der Waals surface area contributed by atoms with Gasteiger partial charge in [-0.3, -0.25) is 0 Å². The van der Waals surface area contributed by atoms with Gasteiger partial charge in [-0.05, 0) is 62.8 Å². The lowest BCUT2D eigenvalue weighted by atomic mass is 9.97. The van der Waals surface area contributed by atoms with Gasteiger partial charge in [0, 0.05) is 25.3 Å². The molecule has 1 unspecified atom stereocenters. The van der Waals surface area contributed by atoms with Crippen LogP contribution in [0, 0.1) is 6.92 Å². The molecule has 1 N–H and O–H groups in total. The fourth-order valence-corrected chi connectivity index (χ4v) is 3.35. The third-order valence-corrected chi connectivity index (χ3v) is 4.38. The lowest BCUT2D eigenvalue weighted by Crippen LogP contribution is -2.40. The van der Waals surface area contributed by atoms with Gasteiger partial charge in [0.25, 0.3) is 0 Å². The number of nitrogens with zero attached hydrogens (tertiary/aromatic N) is 2. The van der Waals surface area contributed by atoms with Crippen LogP contribution in [0.15, 0.2) is 12.3 Å². The molecule has 1 aliphatic heterocycles. The van der Waals surface area contributed by atoms with Crippen molar-refractivity contribution in [2.45, 2.75) is 71.9 Å². The highest BCUT2D eigenvalue weighted by Crippen LogP contribution is 2.28. The first-order valence-corrected chi connectivity index (χ1v) is 8.69. The van der Waals surface area contributed by atoms with E-state index in [-0.39, 0.29) is 0 Å². The largest absolute Gasteiger partial charge is 0.353 e. The first-order valence-electron chi connectivity index (χ1n) is 8.69. The predicted octanol–water partition coefficient (Wildman–Crippen LogP) is 4.05. The maximum atomic E-state index is 4.80. The van der Waals surface area contributed by atoms with Gasteiger partial charge in [0.1, 0.15) is 5.82 Å². The van der Waals surface area contributed by atoms with Crippen LogP contribution >= 0.6 is 0 Å². The number of aryl methyl sites for hydroxylation is 1. The zero-order valence-corrected chi connectivity index (χ0v) is 14.0. The zero-order valence-electron chi connectivity index (χ0n) is 14.0. The SMILES string of the molecule is CCCNCc1cnc(N2CCCCC2CCC)c(C)c1. The van der Waals surface area contributed by atoms with E-state index in [1.807, 2.05) is 0 Å². The van der Waals surface area contributed by atoms with Gasteiger partial charge in [-0.1, -0.05) is 20.3 Å². The van der Waals surface area contributed by atoms with Gasteiger partial charge >= 0.3 is 0 Å². The molecule has 2 heterocycles. The molecular weight excluding hydrogens is 258 g/mol. The number of hydrogen-bond acceptors (Lipinski definition) is 3. The second kappa shape index (κ2) is 8.38. The third kappa shape index (κ3) is 4.44. The molecule has 2 rings (SSSR count). The van der Waals surface area contributed by atoms with Crippen molar-refractivity contribution >= 4 is 5.82 Å². The minimum absolute atomic E-state index is 0.694. The Morgan fingerprint density at radius 2 is 2.14 bits per heavy atom. The molecule has 0 spiro atoms. The van der Waals surface area contributed by atoms with E-state index in [0.29, 0.717) is 6.04 Å². The van der Waals surface area contributed by atoms with Crippen LogP contribution in [0.2, 0.25) is 0 Å². The fraction of sp³-hybridized carbons (Fsp3) is 0.722. The van der Waals surface area contributed by atoms with Crippen LogP contribution < -0.4 is 10.2 Å². The molecule has 1 aliphatic rings. The first-order chi connectivity index (χ1) is 10.3. The number of hydrogen-bond donors (Lipinski definition) is 1. The maximum Gasteiger partial charge on any atom is 0.131 e. The second-order valence-corrected chi connectivity index (χ2v) is 6.29. The standard InChI is InChI=1S/C18H31N3/c1-4-8-17-9-6-7-11-21(17)18-15(3)12-16(14-20-18)13-19-10-5-2/h12,14,17,19H,4-11,13H2,1-3H3. The van der Waals surface area contributed by atoms with Crippen molar-refractivity contribution in [2.24, 2.45) is 0 Å². The molecule has 118 valence electrons. The van der Waals surface area contributed by atoms with Crippen molar-refractivity contribution < 1.29 is 0 Å². The van der Waals surface area contributed by atoms with Gasteiger partial charge in [-0.2, -0.15) is 0 Å². The zero-order chi connectivity index (χ0) is 15.1. The molecule has 21 heavy (non-hydrogen) atoms. The molecule has 1 saturated heterocycles. The summed E-state index contributed by atoms with van der Waals surface area (Å²) in [4.78, 5) is 7.36. The van der Waals surface area contributed by atoms with Crippen molar-refractivity contribution in [3.8, 4) is 0 Å². The van der Waals surface area contributed by atoms with Gasteiger partial charge in [0.2, 0.25) is 0 Å². The highest BCUT2D eigenvalue weighted by Gasteiger charge is 2.23. The first kappa shape index (κ1) is 16.3. The summed E-state index contributed by atoms with van der Waals surface area (Å²) < 4.78 is 0. The van der Waals surface area contributed by atoms with Gasteiger partial charge in [-0.25, -0.2) is 4.98 Å². The lowest BCUT2D eigenvalue weighted by Gasteiger charge is -2.37. The Balaban J connectivity index is 2.07. The summed E-state index contributed by atoms with van der Waals surface area (Å²) in [5.41, 5.74) is 2.63. The van der Waals surface area contributed by atoms with E-state index in [0.717, 1.165) is 13.1 Å². The summed E-state index contributed by atoms with van der Waals surface area (Å²) in [6.07, 6.45) is 9.80. The molecular formula is C18H31N3. The topological polar surface area (TPSA) is 28.2 Å². The fourth-order valence-electron chi connectivity index (χ4n) is 3.35. The Morgan fingerprint density at radius 1 is 1.29 bits per heavy atom. The molecule has 0 amide bonds. The van der Waals surface area contributed by atoms with Crippen LogP contribution in [0.4, 0.5) is 5.82 Å². The van der Waals surface area contributed by atoms with Gasteiger partial charge in [0.05, 0.1) is 0 Å². The van der Waals surface area contributed by atoms with Crippen LogP contribution in [0.5, 0.6) is 0 Å². The van der Waals surface area contributed by atoms with Crippen LogP contribution in [0.25, 0.3) is 0 Å². The van der Waals surface area contributed by atoms with Crippen molar-refractivity contribution in [3.05, 3.63) is 23.4 Å². The minimum Gasteiger partial charge on any atom is -0.353 e. The van der Waals surface area contributed by atoms with E-state index >= 15 is 0 Å². The van der Waals surface area contributed by atoms with Crippen LogP contribution in [-0.4, -0.2) is 24.1 Å². The average molecular weight is 289 g/mol. The van der Waals surface area contributed by atoms with Crippen molar-refractivity contribution in [1.29, 1.82) is 0 Å². The van der Waals surface area contributed by atoms with Crippen LogP contribution in [0.1, 0.15) is 63.5 Å². The molecule has 0 saturated carbocycles.